The van der Waals surface area contributed by atoms with E-state index >= 15 is 0 Å². The van der Waals surface area contributed by atoms with E-state index < -0.39 is 0 Å². The largest absolute Gasteiger partial charge is 0.389 e. The van der Waals surface area contributed by atoms with Gasteiger partial charge in [0, 0.05) is 0 Å². The highest BCUT2D eigenvalue weighted by molar-refractivity contribution is 7.80. The van der Waals surface area contributed by atoms with E-state index in [9.17, 15) is 0 Å². The SMILES string of the molecule is N#C/C(=C\C12CC3CC(CC(C3)C1)C2)C(N)=S. The van der Waals surface area contributed by atoms with Crippen molar-refractivity contribution in [2.75, 3.05) is 0 Å². The van der Waals surface area contributed by atoms with Crippen LogP contribution in [0.2, 0.25) is 0 Å². The van der Waals surface area contributed by atoms with E-state index in [1.807, 2.05) is 0 Å². The molecule has 0 heterocycles. The van der Waals surface area contributed by atoms with Gasteiger partial charge < -0.3 is 5.73 Å². The molecule has 3 heteroatoms. The number of hydrogen-bond donors (Lipinski definition) is 1. The molecule has 0 atom stereocenters. The van der Waals surface area contributed by atoms with Gasteiger partial charge in [0.1, 0.15) is 11.1 Å². The fourth-order valence-corrected chi connectivity index (χ4v) is 4.92. The minimum absolute atomic E-state index is 0.253. The highest BCUT2D eigenvalue weighted by Gasteiger charge is 2.49. The standard InChI is InChI=1S/C14H18N2S/c15-8-12(13(16)17)7-14-4-9-1-10(5-14)3-11(2-9)6-14/h7,9-11H,1-6H2,(H2,16,17)/b12-7+. The number of nitrogens with two attached hydrogens (primary N) is 1. The Hall–Kier alpha value is -0.880. The Labute approximate surface area is 108 Å². The van der Waals surface area contributed by atoms with Gasteiger partial charge in [-0.05, 0) is 61.7 Å². The summed E-state index contributed by atoms with van der Waals surface area (Å²) in [5.74, 6) is 2.68. The Bertz CT molecular complexity index is 395. The van der Waals surface area contributed by atoms with Gasteiger partial charge in [0.25, 0.3) is 0 Å². The van der Waals surface area contributed by atoms with Crippen molar-refractivity contribution < 1.29 is 0 Å². The number of hydrogen-bond acceptors (Lipinski definition) is 2. The summed E-state index contributed by atoms with van der Waals surface area (Å²) < 4.78 is 0. The van der Waals surface area contributed by atoms with Crippen LogP contribution >= 0.6 is 12.2 Å². The van der Waals surface area contributed by atoms with E-state index in [0.717, 1.165) is 17.8 Å². The van der Waals surface area contributed by atoms with Crippen LogP contribution in [0.5, 0.6) is 0 Å². The molecule has 2 N–H and O–H groups in total. The van der Waals surface area contributed by atoms with Crippen molar-refractivity contribution in [2.24, 2.45) is 28.9 Å². The zero-order chi connectivity index (χ0) is 12.0. The first-order chi connectivity index (χ1) is 8.10. The molecule has 0 saturated heterocycles. The maximum absolute atomic E-state index is 9.11. The third kappa shape index (κ3) is 1.89. The van der Waals surface area contributed by atoms with Crippen LogP contribution in [0.3, 0.4) is 0 Å². The molecule has 2 nitrogen and oxygen atoms in total. The van der Waals surface area contributed by atoms with Crippen LogP contribution in [0.15, 0.2) is 11.6 Å². The summed E-state index contributed by atoms with van der Waals surface area (Å²) >= 11 is 4.96. The van der Waals surface area contributed by atoms with E-state index in [4.69, 9.17) is 23.2 Å². The predicted octanol–water partition coefficient (Wildman–Crippen LogP) is 2.94. The molecule has 4 fully saturated rings. The van der Waals surface area contributed by atoms with Gasteiger partial charge in [-0.15, -0.1) is 0 Å². The smallest absolute Gasteiger partial charge is 0.114 e. The molecule has 4 rings (SSSR count). The quantitative estimate of drug-likeness (QED) is 0.463. The molecule has 0 aromatic rings. The highest BCUT2D eigenvalue weighted by Crippen LogP contribution is 2.60. The third-order valence-corrected chi connectivity index (χ3v) is 5.14. The maximum atomic E-state index is 9.11. The van der Waals surface area contributed by atoms with Gasteiger partial charge in [0.05, 0.1) is 5.57 Å². The lowest BCUT2D eigenvalue weighted by Crippen LogP contribution is -2.45. The molecule has 0 unspecified atom stereocenters. The molecule has 0 aliphatic heterocycles. The van der Waals surface area contributed by atoms with Crippen molar-refractivity contribution in [2.45, 2.75) is 38.5 Å². The Balaban J connectivity index is 1.92. The van der Waals surface area contributed by atoms with Crippen LogP contribution in [-0.4, -0.2) is 4.99 Å². The van der Waals surface area contributed by atoms with Crippen molar-refractivity contribution in [1.82, 2.24) is 0 Å². The first kappa shape index (κ1) is 11.2. The lowest BCUT2D eigenvalue weighted by Gasteiger charge is -2.56. The van der Waals surface area contributed by atoms with Crippen LogP contribution in [0.1, 0.15) is 38.5 Å². The summed E-state index contributed by atoms with van der Waals surface area (Å²) in [5.41, 5.74) is 6.41. The number of rotatable bonds is 2. The number of allylic oxidation sites excluding steroid dienone is 1. The molecule has 0 spiro atoms. The minimum Gasteiger partial charge on any atom is -0.389 e. The molecule has 0 radical (unpaired) electrons. The van der Waals surface area contributed by atoms with Crippen LogP contribution in [-0.2, 0) is 0 Å². The Morgan fingerprint density at radius 3 is 2.00 bits per heavy atom. The van der Waals surface area contributed by atoms with Gasteiger partial charge in [-0.3, -0.25) is 0 Å². The van der Waals surface area contributed by atoms with Gasteiger partial charge in [-0.25, -0.2) is 0 Å². The number of thiocarbonyl (C=S) groups is 1. The lowest BCUT2D eigenvalue weighted by atomic mass is 9.49. The lowest BCUT2D eigenvalue weighted by molar-refractivity contribution is -0.0238. The van der Waals surface area contributed by atoms with E-state index in [-0.39, 0.29) is 10.4 Å². The zero-order valence-corrected chi connectivity index (χ0v) is 10.8. The van der Waals surface area contributed by atoms with E-state index in [1.54, 1.807) is 0 Å². The molecule has 0 aromatic heterocycles. The van der Waals surface area contributed by atoms with Gasteiger partial charge >= 0.3 is 0 Å². The normalized spacial score (nSPS) is 43.5. The second-order valence-corrected chi connectivity index (χ2v) is 6.75. The Morgan fingerprint density at radius 1 is 1.18 bits per heavy atom. The summed E-state index contributed by atoms with van der Waals surface area (Å²) in [7, 11) is 0. The molecule has 17 heavy (non-hydrogen) atoms. The van der Waals surface area contributed by atoms with Gasteiger partial charge in [0.15, 0.2) is 0 Å². The van der Waals surface area contributed by atoms with Crippen molar-refractivity contribution in [3.05, 3.63) is 11.6 Å². The van der Waals surface area contributed by atoms with Crippen molar-refractivity contribution in [3.8, 4) is 6.07 Å². The molecule has 4 saturated carbocycles. The first-order valence-corrected chi connectivity index (χ1v) is 6.94. The van der Waals surface area contributed by atoms with Crippen LogP contribution in [0, 0.1) is 34.5 Å². The van der Waals surface area contributed by atoms with Gasteiger partial charge in [-0.1, -0.05) is 18.3 Å². The second-order valence-electron chi connectivity index (χ2n) is 6.31. The van der Waals surface area contributed by atoms with E-state index in [1.165, 1.54) is 38.5 Å². The van der Waals surface area contributed by atoms with E-state index in [2.05, 4.69) is 12.1 Å². The Morgan fingerprint density at radius 2 is 1.65 bits per heavy atom. The van der Waals surface area contributed by atoms with Gasteiger partial charge in [0.2, 0.25) is 0 Å². The summed E-state index contributed by atoms with van der Waals surface area (Å²) in [5, 5.41) is 9.11. The molecule has 90 valence electrons. The van der Waals surface area contributed by atoms with Gasteiger partial charge in [-0.2, -0.15) is 5.26 Å². The average molecular weight is 246 g/mol. The van der Waals surface area contributed by atoms with Crippen LogP contribution in [0.4, 0.5) is 0 Å². The molecular formula is C14H18N2S. The number of nitriles is 1. The highest BCUT2D eigenvalue weighted by atomic mass is 32.1. The molecule has 4 bridgehead atoms. The van der Waals surface area contributed by atoms with Crippen LogP contribution < -0.4 is 5.73 Å². The maximum Gasteiger partial charge on any atom is 0.114 e. The van der Waals surface area contributed by atoms with Crippen molar-refractivity contribution >= 4 is 17.2 Å². The van der Waals surface area contributed by atoms with E-state index in [0.29, 0.717) is 5.57 Å². The summed E-state index contributed by atoms with van der Waals surface area (Å²) in [6, 6.07) is 2.17. The fourth-order valence-electron chi connectivity index (χ4n) is 4.82. The predicted molar refractivity (Wildman–Crippen MR) is 71.1 cm³/mol. The summed E-state index contributed by atoms with van der Waals surface area (Å²) in [6.07, 6.45) is 10.2. The van der Waals surface area contributed by atoms with Crippen molar-refractivity contribution in [1.29, 1.82) is 5.26 Å². The molecule has 4 aliphatic carbocycles. The molecule has 0 aromatic carbocycles. The first-order valence-electron chi connectivity index (χ1n) is 6.53. The monoisotopic (exact) mass is 246 g/mol. The molecule has 4 aliphatic rings. The second kappa shape index (κ2) is 3.81. The Kier molecular flexibility index (Phi) is 2.52. The van der Waals surface area contributed by atoms with Crippen LogP contribution in [0.25, 0.3) is 0 Å². The fraction of sp³-hybridized carbons (Fsp3) is 0.714. The summed E-state index contributed by atoms with van der Waals surface area (Å²) in [6.45, 7) is 0. The topological polar surface area (TPSA) is 49.8 Å². The molecular weight excluding hydrogens is 228 g/mol. The summed E-state index contributed by atoms with van der Waals surface area (Å²) in [4.78, 5) is 0.267. The van der Waals surface area contributed by atoms with Crippen molar-refractivity contribution in [3.63, 3.8) is 0 Å². The number of nitrogens with zero attached hydrogens (tertiary/aromatic N) is 1. The average Bonchev–Trinajstić information content (AvgIpc) is 2.23. The molecule has 0 amide bonds. The minimum atomic E-state index is 0.253. The third-order valence-electron chi connectivity index (χ3n) is 4.92. The zero-order valence-electron chi connectivity index (χ0n) is 9.98.